The van der Waals surface area contributed by atoms with Gasteiger partial charge >= 0.3 is 12.1 Å². The molecule has 1 saturated carbocycles. The van der Waals surface area contributed by atoms with Crippen LogP contribution in [0.15, 0.2) is 41.3 Å². The van der Waals surface area contributed by atoms with Crippen LogP contribution in [0, 0.1) is 0 Å². The van der Waals surface area contributed by atoms with Gasteiger partial charge in [-0.3, -0.25) is 0 Å². The fourth-order valence-electron chi connectivity index (χ4n) is 3.30. The average Bonchev–Trinajstić information content (AvgIpc) is 3.46. The highest BCUT2D eigenvalue weighted by molar-refractivity contribution is 7.89. The van der Waals surface area contributed by atoms with E-state index < -0.39 is 38.7 Å². The van der Waals surface area contributed by atoms with Crippen LogP contribution in [0.3, 0.4) is 0 Å². The van der Waals surface area contributed by atoms with Gasteiger partial charge in [0, 0.05) is 17.8 Å². The zero-order valence-electron chi connectivity index (χ0n) is 16.6. The lowest BCUT2D eigenvalue weighted by atomic mass is 10.1. The summed E-state index contributed by atoms with van der Waals surface area (Å²) in [5.74, 6) is -1.20. The second kappa shape index (κ2) is 8.33. The zero-order chi connectivity index (χ0) is 23.1. The van der Waals surface area contributed by atoms with E-state index >= 15 is 0 Å². The van der Waals surface area contributed by atoms with Gasteiger partial charge in [0.15, 0.2) is 0 Å². The Hall–Kier alpha value is -2.30. The van der Waals surface area contributed by atoms with E-state index in [1.54, 1.807) is 13.8 Å². The number of anilines is 2. The Kier molecular flexibility index (Phi) is 6.28. The van der Waals surface area contributed by atoms with Gasteiger partial charge in [-0.05, 0) is 63.1 Å². The minimum atomic E-state index is -4.91. The number of halogens is 4. The quantitative estimate of drug-likeness (QED) is 0.561. The number of carboxylic acid groups (broad SMARTS) is 1. The highest BCUT2D eigenvalue weighted by atomic mass is 35.5. The summed E-state index contributed by atoms with van der Waals surface area (Å²) >= 11 is 6.02. The van der Waals surface area contributed by atoms with Crippen molar-refractivity contribution in [3.05, 3.63) is 52.5 Å². The topological polar surface area (TPSA) is 86.7 Å². The first-order valence-electron chi connectivity index (χ1n) is 9.37. The summed E-state index contributed by atoms with van der Waals surface area (Å²) in [6.07, 6.45) is -3.68. The van der Waals surface area contributed by atoms with Crippen molar-refractivity contribution in [1.82, 2.24) is 4.31 Å². The molecule has 0 bridgehead atoms. The van der Waals surface area contributed by atoms with E-state index in [0.717, 1.165) is 16.4 Å². The van der Waals surface area contributed by atoms with Gasteiger partial charge in [0.2, 0.25) is 10.0 Å². The van der Waals surface area contributed by atoms with E-state index in [1.807, 2.05) is 0 Å². The first-order valence-corrected chi connectivity index (χ1v) is 11.2. The van der Waals surface area contributed by atoms with E-state index in [0.29, 0.717) is 18.9 Å². The van der Waals surface area contributed by atoms with Crippen LogP contribution in [0.5, 0.6) is 0 Å². The van der Waals surface area contributed by atoms with E-state index in [-0.39, 0.29) is 28.0 Å². The number of carbonyl (C=O) groups is 1. The van der Waals surface area contributed by atoms with Crippen molar-refractivity contribution in [2.45, 2.75) is 49.8 Å². The molecule has 0 unspecified atom stereocenters. The molecule has 11 heteroatoms. The largest absolute Gasteiger partial charge is 0.478 e. The summed E-state index contributed by atoms with van der Waals surface area (Å²) in [4.78, 5) is 10.2. The number of alkyl halides is 3. The summed E-state index contributed by atoms with van der Waals surface area (Å²) in [5.41, 5.74) is -1.24. The lowest BCUT2D eigenvalue weighted by Gasteiger charge is -2.27. The Morgan fingerprint density at radius 1 is 1.19 bits per heavy atom. The highest BCUT2D eigenvalue weighted by Crippen LogP contribution is 2.41. The maximum atomic E-state index is 13.8. The van der Waals surface area contributed by atoms with Crippen LogP contribution >= 0.6 is 11.6 Å². The fraction of sp³-hybridized carbons (Fsp3) is 0.350. The van der Waals surface area contributed by atoms with E-state index in [9.17, 15) is 26.4 Å². The molecule has 168 valence electrons. The molecule has 3 rings (SSSR count). The number of benzene rings is 2. The number of hydrogen-bond donors (Lipinski definition) is 2. The SMILES string of the molecule is CC(C)N(C1CC1)S(=O)(=O)c1ccc(Nc2ccc(C(=O)O)cc2Cl)cc1C(F)(F)F. The van der Waals surface area contributed by atoms with Crippen molar-refractivity contribution in [3.63, 3.8) is 0 Å². The van der Waals surface area contributed by atoms with E-state index in [4.69, 9.17) is 16.7 Å². The van der Waals surface area contributed by atoms with Crippen LogP contribution in [-0.4, -0.2) is 35.9 Å². The summed E-state index contributed by atoms with van der Waals surface area (Å²) in [6, 6.07) is 5.80. The second-order valence-corrected chi connectivity index (χ2v) is 9.71. The second-order valence-electron chi connectivity index (χ2n) is 7.49. The van der Waals surface area contributed by atoms with Crippen LogP contribution in [0.2, 0.25) is 5.02 Å². The number of nitrogens with one attached hydrogen (secondary N) is 1. The van der Waals surface area contributed by atoms with Gasteiger partial charge < -0.3 is 10.4 Å². The first-order chi connectivity index (χ1) is 14.3. The normalized spacial score (nSPS) is 14.8. The Bertz CT molecular complexity index is 1110. The van der Waals surface area contributed by atoms with Crippen molar-refractivity contribution in [2.75, 3.05) is 5.32 Å². The molecule has 0 saturated heterocycles. The molecule has 2 aromatic rings. The van der Waals surface area contributed by atoms with Crippen LogP contribution in [-0.2, 0) is 16.2 Å². The number of rotatable bonds is 7. The number of aromatic carboxylic acids is 1. The molecule has 0 radical (unpaired) electrons. The summed E-state index contributed by atoms with van der Waals surface area (Å²) in [6.45, 7) is 3.25. The molecule has 0 heterocycles. The maximum Gasteiger partial charge on any atom is 0.417 e. The third-order valence-corrected chi connectivity index (χ3v) is 7.25. The zero-order valence-corrected chi connectivity index (χ0v) is 18.1. The standard InChI is InChI=1S/C20H20ClF3N2O4S/c1-11(2)26(14-5-6-14)31(29,30)18-8-4-13(10-15(18)20(22,23)24)25-17-7-3-12(19(27)28)9-16(17)21/h3-4,7-11,14,25H,5-6H2,1-2H3,(H,27,28). The Labute approximate surface area is 182 Å². The molecule has 2 aromatic carbocycles. The molecular formula is C20H20ClF3N2O4S. The molecule has 0 aliphatic heterocycles. The summed E-state index contributed by atoms with van der Waals surface area (Å²) < 4.78 is 68.7. The van der Waals surface area contributed by atoms with Crippen LogP contribution in [0.1, 0.15) is 42.6 Å². The molecule has 1 aliphatic carbocycles. The summed E-state index contributed by atoms with van der Waals surface area (Å²) in [7, 11) is -4.37. The predicted octanol–water partition coefficient (Wildman–Crippen LogP) is 5.36. The van der Waals surface area contributed by atoms with Crippen LogP contribution in [0.25, 0.3) is 0 Å². The number of nitrogens with zero attached hydrogens (tertiary/aromatic N) is 1. The van der Waals surface area contributed by atoms with Crippen molar-refractivity contribution in [3.8, 4) is 0 Å². The molecular weight excluding hydrogens is 457 g/mol. The van der Waals surface area contributed by atoms with E-state index in [1.165, 1.54) is 18.2 Å². The lowest BCUT2D eigenvalue weighted by Crippen LogP contribution is -2.39. The van der Waals surface area contributed by atoms with Gasteiger partial charge in [0.1, 0.15) is 0 Å². The van der Waals surface area contributed by atoms with Crippen molar-refractivity contribution < 1.29 is 31.5 Å². The number of carboxylic acids is 1. The molecule has 0 aromatic heterocycles. The summed E-state index contributed by atoms with van der Waals surface area (Å²) in [5, 5.41) is 11.7. The Balaban J connectivity index is 2.03. The lowest BCUT2D eigenvalue weighted by molar-refractivity contribution is -0.139. The molecule has 31 heavy (non-hydrogen) atoms. The number of hydrogen-bond acceptors (Lipinski definition) is 4. The third-order valence-electron chi connectivity index (χ3n) is 4.75. The average molecular weight is 477 g/mol. The minimum absolute atomic E-state index is 0.00938. The monoisotopic (exact) mass is 476 g/mol. The molecule has 0 atom stereocenters. The smallest absolute Gasteiger partial charge is 0.417 e. The molecule has 6 nitrogen and oxygen atoms in total. The number of sulfonamides is 1. The molecule has 0 spiro atoms. The van der Waals surface area contributed by atoms with Gasteiger partial charge in [-0.15, -0.1) is 0 Å². The maximum absolute atomic E-state index is 13.8. The van der Waals surface area contributed by atoms with E-state index in [2.05, 4.69) is 5.32 Å². The van der Waals surface area contributed by atoms with Crippen LogP contribution < -0.4 is 5.32 Å². The van der Waals surface area contributed by atoms with Crippen molar-refractivity contribution in [2.24, 2.45) is 0 Å². The van der Waals surface area contributed by atoms with Gasteiger partial charge in [0.25, 0.3) is 0 Å². The Morgan fingerprint density at radius 2 is 1.84 bits per heavy atom. The van der Waals surface area contributed by atoms with Gasteiger partial charge in [-0.1, -0.05) is 11.6 Å². The molecule has 1 aliphatic rings. The molecule has 0 amide bonds. The molecule has 2 N–H and O–H groups in total. The van der Waals surface area contributed by atoms with Gasteiger partial charge in [-0.2, -0.15) is 17.5 Å². The van der Waals surface area contributed by atoms with Crippen molar-refractivity contribution >= 4 is 39.0 Å². The predicted molar refractivity (Wildman–Crippen MR) is 110 cm³/mol. The first kappa shape index (κ1) is 23.4. The fourth-order valence-corrected chi connectivity index (χ4v) is 5.60. The van der Waals surface area contributed by atoms with Crippen molar-refractivity contribution in [1.29, 1.82) is 0 Å². The Morgan fingerprint density at radius 3 is 2.32 bits per heavy atom. The van der Waals surface area contributed by atoms with Gasteiger partial charge in [0.05, 0.1) is 26.7 Å². The minimum Gasteiger partial charge on any atom is -0.478 e. The van der Waals surface area contributed by atoms with Gasteiger partial charge in [-0.25, -0.2) is 13.2 Å². The highest BCUT2D eigenvalue weighted by Gasteiger charge is 2.44. The molecule has 1 fully saturated rings. The van der Waals surface area contributed by atoms with Crippen LogP contribution in [0.4, 0.5) is 24.5 Å². The third kappa shape index (κ3) is 4.97.